The number of hydrogen-bond donors (Lipinski definition) is 0. The molecule has 138 valence electrons. The molecular formula is C21H20N2O3S. The predicted octanol–water partition coefficient (Wildman–Crippen LogP) is 4.79. The van der Waals surface area contributed by atoms with Crippen molar-refractivity contribution < 1.29 is 12.8 Å². The van der Waals surface area contributed by atoms with Gasteiger partial charge in [0.05, 0.1) is 10.6 Å². The first-order valence-corrected chi connectivity index (χ1v) is 10.6. The molecule has 2 heterocycles. The van der Waals surface area contributed by atoms with Gasteiger partial charge < -0.3 is 4.42 Å². The van der Waals surface area contributed by atoms with Crippen LogP contribution < -0.4 is 0 Å². The summed E-state index contributed by atoms with van der Waals surface area (Å²) in [6, 6.07) is 15.2. The molecule has 0 radical (unpaired) electrons. The maximum atomic E-state index is 11.7. The van der Waals surface area contributed by atoms with Crippen molar-refractivity contribution in [2.24, 2.45) is 0 Å². The summed E-state index contributed by atoms with van der Waals surface area (Å²) in [5.74, 6) is 0.959. The van der Waals surface area contributed by atoms with Gasteiger partial charge in [-0.1, -0.05) is 50.2 Å². The molecule has 2 aromatic heterocycles. The van der Waals surface area contributed by atoms with E-state index in [1.165, 1.54) is 11.8 Å². The first kappa shape index (κ1) is 17.5. The number of benzene rings is 2. The van der Waals surface area contributed by atoms with Crippen molar-refractivity contribution in [1.29, 1.82) is 0 Å². The van der Waals surface area contributed by atoms with Crippen molar-refractivity contribution in [2.75, 3.05) is 6.26 Å². The fraction of sp³-hybridized carbons (Fsp3) is 0.190. The molecule has 0 N–H and O–H groups in total. The van der Waals surface area contributed by atoms with Crippen LogP contribution in [0.2, 0.25) is 0 Å². The normalized spacial score (nSPS) is 12.1. The number of nitrogens with zero attached hydrogens (tertiary/aromatic N) is 2. The number of imidazole rings is 1. The number of fused-ring (bicyclic) bond motifs is 1. The summed E-state index contributed by atoms with van der Waals surface area (Å²) >= 11 is 0. The van der Waals surface area contributed by atoms with Gasteiger partial charge in [0, 0.05) is 23.6 Å². The quantitative estimate of drug-likeness (QED) is 0.511. The molecule has 0 fully saturated rings. The van der Waals surface area contributed by atoms with E-state index in [-0.39, 0.29) is 0 Å². The molecule has 0 spiro atoms. The van der Waals surface area contributed by atoms with Crippen LogP contribution in [0.3, 0.4) is 0 Å². The summed E-state index contributed by atoms with van der Waals surface area (Å²) in [4.78, 5) is 4.94. The van der Waals surface area contributed by atoms with Crippen molar-refractivity contribution in [3.63, 3.8) is 0 Å². The second-order valence-corrected chi connectivity index (χ2v) is 8.95. The lowest BCUT2D eigenvalue weighted by atomic mass is 9.99. The minimum Gasteiger partial charge on any atom is -0.432 e. The lowest BCUT2D eigenvalue weighted by Crippen LogP contribution is -1.96. The number of aromatic nitrogens is 2. The SMILES string of the molecule is CC(C)c1ccc(-c2nc3occn3c2-c2ccc(S(C)(=O)=O)cc2)cc1. The van der Waals surface area contributed by atoms with Gasteiger partial charge in [-0.15, -0.1) is 0 Å². The number of rotatable bonds is 4. The van der Waals surface area contributed by atoms with E-state index in [4.69, 9.17) is 4.42 Å². The highest BCUT2D eigenvalue weighted by molar-refractivity contribution is 7.90. The topological polar surface area (TPSA) is 64.6 Å². The molecular weight excluding hydrogens is 360 g/mol. The molecule has 0 bridgehead atoms. The summed E-state index contributed by atoms with van der Waals surface area (Å²) in [6.45, 7) is 4.32. The van der Waals surface area contributed by atoms with E-state index in [9.17, 15) is 8.42 Å². The highest BCUT2D eigenvalue weighted by Gasteiger charge is 2.18. The molecule has 0 aliphatic heterocycles. The van der Waals surface area contributed by atoms with Gasteiger partial charge in [-0.05, 0) is 23.6 Å². The first-order chi connectivity index (χ1) is 12.8. The molecule has 0 aliphatic carbocycles. The zero-order chi connectivity index (χ0) is 19.2. The second-order valence-electron chi connectivity index (χ2n) is 6.94. The van der Waals surface area contributed by atoms with Crippen molar-refractivity contribution in [3.05, 3.63) is 66.6 Å². The van der Waals surface area contributed by atoms with Crippen molar-refractivity contribution >= 4 is 15.7 Å². The molecule has 27 heavy (non-hydrogen) atoms. The van der Waals surface area contributed by atoms with Crippen LogP contribution in [0.5, 0.6) is 0 Å². The maximum Gasteiger partial charge on any atom is 0.306 e. The van der Waals surface area contributed by atoms with Crippen LogP contribution in [0.1, 0.15) is 25.3 Å². The third-order valence-electron chi connectivity index (χ3n) is 4.67. The van der Waals surface area contributed by atoms with Crippen LogP contribution in [0.15, 0.2) is 70.3 Å². The molecule has 0 amide bonds. The number of sulfone groups is 1. The fourth-order valence-electron chi connectivity index (χ4n) is 3.15. The Bertz CT molecular complexity index is 1200. The van der Waals surface area contributed by atoms with Gasteiger partial charge in [-0.2, -0.15) is 4.98 Å². The first-order valence-electron chi connectivity index (χ1n) is 8.71. The minimum atomic E-state index is -3.24. The minimum absolute atomic E-state index is 0.294. The van der Waals surface area contributed by atoms with Crippen LogP contribution in [-0.4, -0.2) is 24.1 Å². The molecule has 0 saturated carbocycles. The van der Waals surface area contributed by atoms with Crippen molar-refractivity contribution in [2.45, 2.75) is 24.7 Å². The largest absolute Gasteiger partial charge is 0.432 e. The smallest absolute Gasteiger partial charge is 0.306 e. The maximum absolute atomic E-state index is 11.7. The lowest BCUT2D eigenvalue weighted by molar-refractivity contribution is 0.596. The second kappa shape index (κ2) is 6.39. The molecule has 5 nitrogen and oxygen atoms in total. The highest BCUT2D eigenvalue weighted by Crippen LogP contribution is 2.34. The summed E-state index contributed by atoms with van der Waals surface area (Å²) in [6.07, 6.45) is 4.60. The average Bonchev–Trinajstić information content (AvgIpc) is 3.22. The van der Waals surface area contributed by atoms with E-state index in [1.54, 1.807) is 30.5 Å². The van der Waals surface area contributed by atoms with Crippen LogP contribution in [0.25, 0.3) is 28.4 Å². The molecule has 0 saturated heterocycles. The molecule has 6 heteroatoms. The zero-order valence-corrected chi connectivity index (χ0v) is 16.2. The Morgan fingerprint density at radius 1 is 0.963 bits per heavy atom. The molecule has 0 aliphatic rings. The standard InChI is InChI=1S/C21H20N2O3S/c1-14(2)15-4-6-16(7-5-15)19-20(23-12-13-26-21(23)22-19)17-8-10-18(11-9-17)27(3,24)25/h4-14H,1-3H3. The third kappa shape index (κ3) is 3.17. The number of oxazole rings is 1. The Morgan fingerprint density at radius 3 is 2.19 bits per heavy atom. The van der Waals surface area contributed by atoms with Gasteiger partial charge in [0.2, 0.25) is 0 Å². The van der Waals surface area contributed by atoms with Crippen molar-refractivity contribution in [1.82, 2.24) is 9.38 Å². The van der Waals surface area contributed by atoms with Gasteiger partial charge in [-0.3, -0.25) is 4.40 Å². The predicted molar refractivity (Wildman–Crippen MR) is 106 cm³/mol. The van der Waals surface area contributed by atoms with E-state index >= 15 is 0 Å². The van der Waals surface area contributed by atoms with Crippen LogP contribution in [-0.2, 0) is 9.84 Å². The van der Waals surface area contributed by atoms with Crippen LogP contribution >= 0.6 is 0 Å². The van der Waals surface area contributed by atoms with Crippen molar-refractivity contribution in [3.8, 4) is 22.5 Å². The van der Waals surface area contributed by atoms with Gasteiger partial charge in [0.1, 0.15) is 12.0 Å². The zero-order valence-electron chi connectivity index (χ0n) is 15.4. The Morgan fingerprint density at radius 2 is 1.59 bits per heavy atom. The van der Waals surface area contributed by atoms with E-state index in [2.05, 4.69) is 43.1 Å². The highest BCUT2D eigenvalue weighted by atomic mass is 32.2. The lowest BCUT2D eigenvalue weighted by Gasteiger charge is -2.08. The molecule has 4 rings (SSSR count). The monoisotopic (exact) mass is 380 g/mol. The molecule has 2 aromatic carbocycles. The van der Waals surface area contributed by atoms with Crippen LogP contribution in [0.4, 0.5) is 0 Å². The van der Waals surface area contributed by atoms with E-state index < -0.39 is 9.84 Å². The summed E-state index contributed by atoms with van der Waals surface area (Å²) in [7, 11) is -3.24. The average molecular weight is 380 g/mol. The molecule has 4 aromatic rings. The number of hydrogen-bond acceptors (Lipinski definition) is 4. The summed E-state index contributed by atoms with van der Waals surface area (Å²) in [5, 5.41) is 0. The Balaban J connectivity index is 1.87. The Kier molecular flexibility index (Phi) is 4.15. The van der Waals surface area contributed by atoms with E-state index in [1.807, 2.05) is 10.6 Å². The van der Waals surface area contributed by atoms with Crippen LogP contribution in [0, 0.1) is 0 Å². The Labute approximate surface area is 158 Å². The molecule has 0 atom stereocenters. The van der Waals surface area contributed by atoms with E-state index in [0.717, 1.165) is 22.5 Å². The third-order valence-corrected chi connectivity index (χ3v) is 5.80. The Hall–Kier alpha value is -2.86. The fourth-order valence-corrected chi connectivity index (χ4v) is 3.78. The van der Waals surface area contributed by atoms with Gasteiger partial charge >= 0.3 is 5.84 Å². The van der Waals surface area contributed by atoms with E-state index in [0.29, 0.717) is 16.7 Å². The van der Waals surface area contributed by atoms with Gasteiger partial charge in [-0.25, -0.2) is 8.42 Å². The van der Waals surface area contributed by atoms with Gasteiger partial charge in [0.25, 0.3) is 0 Å². The summed E-state index contributed by atoms with van der Waals surface area (Å²) in [5.41, 5.74) is 4.80. The summed E-state index contributed by atoms with van der Waals surface area (Å²) < 4.78 is 30.8. The molecule has 0 unspecified atom stereocenters. The van der Waals surface area contributed by atoms with Gasteiger partial charge in [0.15, 0.2) is 9.84 Å².